The summed E-state index contributed by atoms with van der Waals surface area (Å²) in [6.45, 7) is -0.368. The van der Waals surface area contributed by atoms with E-state index in [0.717, 1.165) is 12.1 Å². The van der Waals surface area contributed by atoms with Gasteiger partial charge < -0.3 is 5.11 Å². The number of benzene rings is 2. The standard InChI is InChI=1S/C13H10F3NO/c14-10-5-3-6-11(13(10)15)17(16)8-9-4-1-2-7-12(9)18/h1-7,18H,8H2. The third-order valence-electron chi connectivity index (χ3n) is 2.49. The molecule has 0 spiro atoms. The molecule has 0 atom stereocenters. The van der Waals surface area contributed by atoms with Crippen molar-refractivity contribution >= 4 is 5.69 Å². The molecule has 94 valence electrons. The number of hydrogen-bond donors (Lipinski definition) is 1. The van der Waals surface area contributed by atoms with E-state index in [2.05, 4.69) is 0 Å². The van der Waals surface area contributed by atoms with Crippen LogP contribution in [0, 0.1) is 11.6 Å². The Morgan fingerprint density at radius 1 is 1.00 bits per heavy atom. The van der Waals surface area contributed by atoms with Crippen LogP contribution in [-0.2, 0) is 6.54 Å². The minimum absolute atomic E-state index is 0.0491. The summed E-state index contributed by atoms with van der Waals surface area (Å²) in [7, 11) is 0. The van der Waals surface area contributed by atoms with Gasteiger partial charge >= 0.3 is 0 Å². The van der Waals surface area contributed by atoms with Crippen molar-refractivity contribution in [3.8, 4) is 5.75 Å². The minimum Gasteiger partial charge on any atom is -0.508 e. The number of phenolic OH excluding ortho intramolecular Hbond substituents is 1. The van der Waals surface area contributed by atoms with E-state index in [-0.39, 0.29) is 23.0 Å². The van der Waals surface area contributed by atoms with Gasteiger partial charge in [-0.1, -0.05) is 28.7 Å². The van der Waals surface area contributed by atoms with E-state index in [1.807, 2.05) is 0 Å². The lowest BCUT2D eigenvalue weighted by Gasteiger charge is -2.15. The lowest BCUT2D eigenvalue weighted by atomic mass is 10.2. The van der Waals surface area contributed by atoms with E-state index < -0.39 is 17.3 Å². The first-order valence-electron chi connectivity index (χ1n) is 5.24. The molecule has 0 amide bonds. The molecule has 2 aromatic rings. The average Bonchev–Trinajstić information content (AvgIpc) is 2.35. The predicted molar refractivity (Wildman–Crippen MR) is 61.8 cm³/mol. The first-order chi connectivity index (χ1) is 8.59. The lowest BCUT2D eigenvalue weighted by molar-refractivity contribution is 0.402. The Balaban J connectivity index is 2.25. The molecular formula is C13H10F3NO. The molecule has 0 saturated heterocycles. The monoisotopic (exact) mass is 253 g/mol. The van der Waals surface area contributed by atoms with Crippen molar-refractivity contribution in [2.24, 2.45) is 0 Å². The maximum absolute atomic E-state index is 13.8. The molecule has 0 fully saturated rings. The van der Waals surface area contributed by atoms with Gasteiger partial charge in [0, 0.05) is 5.56 Å². The van der Waals surface area contributed by atoms with E-state index in [0.29, 0.717) is 0 Å². The van der Waals surface area contributed by atoms with Crippen molar-refractivity contribution in [3.05, 3.63) is 59.7 Å². The molecule has 0 aromatic heterocycles. The van der Waals surface area contributed by atoms with Gasteiger partial charge in [0.25, 0.3) is 0 Å². The highest BCUT2D eigenvalue weighted by atomic mass is 19.2. The van der Waals surface area contributed by atoms with Crippen LogP contribution in [0.2, 0.25) is 0 Å². The van der Waals surface area contributed by atoms with Gasteiger partial charge in [-0.3, -0.25) is 0 Å². The van der Waals surface area contributed by atoms with Gasteiger partial charge in [0.2, 0.25) is 0 Å². The second kappa shape index (κ2) is 5.00. The number of phenols is 1. The average molecular weight is 253 g/mol. The fourth-order valence-corrected chi connectivity index (χ4v) is 1.56. The van der Waals surface area contributed by atoms with Crippen molar-refractivity contribution in [2.75, 3.05) is 5.12 Å². The maximum Gasteiger partial charge on any atom is 0.184 e. The zero-order chi connectivity index (χ0) is 13.1. The van der Waals surface area contributed by atoms with Crippen molar-refractivity contribution in [3.63, 3.8) is 0 Å². The predicted octanol–water partition coefficient (Wildman–Crippen LogP) is 3.56. The van der Waals surface area contributed by atoms with Gasteiger partial charge in [-0.2, -0.15) is 0 Å². The number of anilines is 1. The van der Waals surface area contributed by atoms with E-state index in [1.54, 1.807) is 12.1 Å². The Morgan fingerprint density at radius 2 is 1.72 bits per heavy atom. The molecule has 0 aliphatic heterocycles. The third-order valence-corrected chi connectivity index (χ3v) is 2.49. The third kappa shape index (κ3) is 2.40. The van der Waals surface area contributed by atoms with Gasteiger partial charge in [-0.25, -0.2) is 13.9 Å². The largest absolute Gasteiger partial charge is 0.508 e. The van der Waals surface area contributed by atoms with Crippen molar-refractivity contribution in [1.82, 2.24) is 0 Å². The summed E-state index contributed by atoms with van der Waals surface area (Å²) in [4.78, 5) is 0. The van der Waals surface area contributed by atoms with Crippen LogP contribution in [0.3, 0.4) is 0 Å². The smallest absolute Gasteiger partial charge is 0.184 e. The minimum atomic E-state index is -1.25. The molecule has 0 aliphatic carbocycles. The Bertz CT molecular complexity index is 560. The molecule has 0 unspecified atom stereocenters. The summed E-state index contributed by atoms with van der Waals surface area (Å²) in [6, 6.07) is 9.34. The highest BCUT2D eigenvalue weighted by Crippen LogP contribution is 2.26. The van der Waals surface area contributed by atoms with Gasteiger partial charge in [0.15, 0.2) is 11.6 Å². The number of halogens is 3. The van der Waals surface area contributed by atoms with Crippen LogP contribution in [0.25, 0.3) is 0 Å². The first kappa shape index (κ1) is 12.3. The summed E-state index contributed by atoms with van der Waals surface area (Å²) in [6.07, 6.45) is 0. The summed E-state index contributed by atoms with van der Waals surface area (Å²) in [5, 5.41) is 9.52. The van der Waals surface area contributed by atoms with Crippen molar-refractivity contribution in [2.45, 2.75) is 6.54 Å². The molecule has 2 aromatic carbocycles. The summed E-state index contributed by atoms with van der Waals surface area (Å²) in [5.41, 5.74) is -0.220. The fraction of sp³-hybridized carbons (Fsp3) is 0.0769. The van der Waals surface area contributed by atoms with E-state index >= 15 is 0 Å². The molecular weight excluding hydrogens is 243 g/mol. The summed E-state index contributed by atoms with van der Waals surface area (Å²) < 4.78 is 40.0. The first-order valence-corrected chi connectivity index (χ1v) is 5.24. The van der Waals surface area contributed by atoms with Crippen LogP contribution in [0.15, 0.2) is 42.5 Å². The Morgan fingerprint density at radius 3 is 2.44 bits per heavy atom. The molecule has 0 radical (unpaired) electrons. The fourth-order valence-electron chi connectivity index (χ4n) is 1.56. The number of hydrogen-bond acceptors (Lipinski definition) is 2. The molecule has 2 rings (SSSR count). The van der Waals surface area contributed by atoms with Gasteiger partial charge in [0.1, 0.15) is 11.4 Å². The summed E-state index contributed by atoms with van der Waals surface area (Å²) in [5.74, 6) is -2.47. The summed E-state index contributed by atoms with van der Waals surface area (Å²) >= 11 is 0. The highest BCUT2D eigenvalue weighted by molar-refractivity contribution is 5.47. The van der Waals surface area contributed by atoms with E-state index in [1.165, 1.54) is 18.2 Å². The second-order valence-corrected chi connectivity index (χ2v) is 3.72. The number of rotatable bonds is 3. The number of aromatic hydroxyl groups is 1. The number of nitrogens with zero attached hydrogens (tertiary/aromatic N) is 1. The van der Waals surface area contributed by atoms with Crippen LogP contribution in [0.5, 0.6) is 5.75 Å². The topological polar surface area (TPSA) is 23.5 Å². The normalized spacial score (nSPS) is 10.4. The molecule has 18 heavy (non-hydrogen) atoms. The highest BCUT2D eigenvalue weighted by Gasteiger charge is 2.15. The van der Waals surface area contributed by atoms with Crippen molar-refractivity contribution < 1.29 is 18.4 Å². The SMILES string of the molecule is Oc1ccccc1CN(F)c1cccc(F)c1F. The van der Waals surface area contributed by atoms with E-state index in [9.17, 15) is 18.4 Å². The molecule has 0 aliphatic rings. The quantitative estimate of drug-likeness (QED) is 0.845. The van der Waals surface area contributed by atoms with Gasteiger partial charge in [0.05, 0.1) is 6.54 Å². The molecule has 5 heteroatoms. The molecule has 1 N–H and O–H groups in total. The molecule has 0 heterocycles. The van der Waals surface area contributed by atoms with Crippen LogP contribution in [0.1, 0.15) is 5.56 Å². The lowest BCUT2D eigenvalue weighted by Crippen LogP contribution is -2.13. The van der Waals surface area contributed by atoms with Crippen LogP contribution in [0.4, 0.5) is 18.9 Å². The van der Waals surface area contributed by atoms with Crippen LogP contribution < -0.4 is 5.12 Å². The maximum atomic E-state index is 13.8. The van der Waals surface area contributed by atoms with Gasteiger partial charge in [-0.05, 0) is 18.2 Å². The Labute approximate surface area is 102 Å². The Kier molecular flexibility index (Phi) is 3.41. The van der Waals surface area contributed by atoms with Gasteiger partial charge in [-0.15, -0.1) is 0 Å². The molecule has 0 saturated carbocycles. The molecule has 2 nitrogen and oxygen atoms in total. The van der Waals surface area contributed by atoms with Crippen molar-refractivity contribution in [1.29, 1.82) is 0 Å². The van der Waals surface area contributed by atoms with Crippen LogP contribution >= 0.6 is 0 Å². The molecule has 0 bridgehead atoms. The second-order valence-electron chi connectivity index (χ2n) is 3.72. The van der Waals surface area contributed by atoms with Crippen LogP contribution in [-0.4, -0.2) is 5.11 Å². The zero-order valence-electron chi connectivity index (χ0n) is 9.28. The van der Waals surface area contributed by atoms with E-state index in [4.69, 9.17) is 0 Å². The number of para-hydroxylation sites is 1. The Hall–Kier alpha value is -2.17. The zero-order valence-corrected chi connectivity index (χ0v) is 9.28.